The molecule has 0 aliphatic carbocycles. The molecule has 1 spiro atoms. The summed E-state index contributed by atoms with van der Waals surface area (Å²) < 4.78 is 6.85. The van der Waals surface area contributed by atoms with E-state index in [1.807, 2.05) is 93.6 Å². The number of aliphatic hydroxyl groups is 1. The predicted molar refractivity (Wildman–Crippen MR) is 150 cm³/mol. The van der Waals surface area contributed by atoms with E-state index >= 15 is 0 Å². The van der Waals surface area contributed by atoms with Crippen LogP contribution in [0.2, 0.25) is 0 Å². The number of nitrogens with zero attached hydrogens (tertiary/aromatic N) is 3. The number of hydrogen-bond donors (Lipinski definition) is 1. The Morgan fingerprint density at radius 3 is 2.27 bits per heavy atom. The van der Waals surface area contributed by atoms with E-state index in [9.17, 15) is 19.5 Å². The fourth-order valence-electron chi connectivity index (χ4n) is 7.30. The highest BCUT2D eigenvalue weighted by molar-refractivity contribution is 6.06. The molecule has 2 fully saturated rings. The number of β-amino-alcohol motifs (C(OH)–C–C–N with tert-alkyl or cyclic N) is 1. The largest absolute Gasteiger partial charge is 0.395 e. The van der Waals surface area contributed by atoms with Gasteiger partial charge in [0.25, 0.3) is 5.91 Å². The maximum atomic E-state index is 14.5. The van der Waals surface area contributed by atoms with Crippen molar-refractivity contribution >= 4 is 23.4 Å². The second-order valence-electron chi connectivity index (χ2n) is 11.5. The van der Waals surface area contributed by atoms with Gasteiger partial charge in [-0.15, -0.1) is 0 Å². The van der Waals surface area contributed by atoms with Gasteiger partial charge in [-0.3, -0.25) is 14.4 Å². The van der Waals surface area contributed by atoms with Gasteiger partial charge in [-0.25, -0.2) is 0 Å². The summed E-state index contributed by atoms with van der Waals surface area (Å²) in [4.78, 5) is 47.9. The van der Waals surface area contributed by atoms with Crippen molar-refractivity contribution in [1.29, 1.82) is 0 Å². The molecule has 0 aromatic heterocycles. The second kappa shape index (κ2) is 9.71. The van der Waals surface area contributed by atoms with Crippen LogP contribution < -0.4 is 4.90 Å². The van der Waals surface area contributed by atoms with Crippen LogP contribution in [0.15, 0.2) is 72.8 Å². The van der Waals surface area contributed by atoms with Gasteiger partial charge in [-0.05, 0) is 37.5 Å². The molecule has 8 nitrogen and oxygen atoms in total. The van der Waals surface area contributed by atoms with Gasteiger partial charge < -0.3 is 24.5 Å². The molecule has 6 rings (SSSR count). The number of benzene rings is 2. The summed E-state index contributed by atoms with van der Waals surface area (Å²) in [6, 6.07) is 14.6. The van der Waals surface area contributed by atoms with E-state index in [4.69, 9.17) is 4.74 Å². The van der Waals surface area contributed by atoms with Crippen molar-refractivity contribution in [2.45, 2.75) is 44.6 Å². The van der Waals surface area contributed by atoms with Gasteiger partial charge in [0.15, 0.2) is 0 Å². The highest BCUT2D eigenvalue weighted by atomic mass is 16.5. The summed E-state index contributed by atoms with van der Waals surface area (Å²) in [5.74, 6) is -2.51. The van der Waals surface area contributed by atoms with Gasteiger partial charge in [-0.1, -0.05) is 72.8 Å². The van der Waals surface area contributed by atoms with Crippen LogP contribution in [-0.2, 0) is 25.7 Å². The molecular weight excluding hydrogens is 506 g/mol. The van der Waals surface area contributed by atoms with E-state index in [1.165, 1.54) is 4.90 Å². The summed E-state index contributed by atoms with van der Waals surface area (Å²) >= 11 is 0. The number of carbonyl (C=O) groups excluding carboxylic acids is 3. The molecule has 4 aliphatic rings. The van der Waals surface area contributed by atoms with Crippen molar-refractivity contribution in [2.75, 3.05) is 31.1 Å². The lowest BCUT2D eigenvalue weighted by molar-refractivity contribution is -0.149. The maximum Gasteiger partial charge on any atom is 0.253 e. The zero-order valence-electron chi connectivity index (χ0n) is 23.1. The number of rotatable bonds is 5. The molecule has 0 radical (unpaired) electrons. The summed E-state index contributed by atoms with van der Waals surface area (Å²) in [6.07, 6.45) is 7.54. The molecule has 0 saturated carbocycles. The van der Waals surface area contributed by atoms with Crippen LogP contribution >= 0.6 is 0 Å². The molecule has 2 saturated heterocycles. The Morgan fingerprint density at radius 2 is 1.57 bits per heavy atom. The number of fused-ring (bicyclic) bond motifs is 2. The highest BCUT2D eigenvalue weighted by Crippen LogP contribution is 2.57. The van der Waals surface area contributed by atoms with Gasteiger partial charge >= 0.3 is 0 Å². The third-order valence-electron chi connectivity index (χ3n) is 8.91. The van der Waals surface area contributed by atoms with Crippen molar-refractivity contribution in [2.24, 2.45) is 11.8 Å². The van der Waals surface area contributed by atoms with E-state index in [0.717, 1.165) is 22.4 Å². The van der Waals surface area contributed by atoms with Crippen molar-refractivity contribution in [3.63, 3.8) is 0 Å². The number of para-hydroxylation sites is 1. The number of likely N-dealkylation sites (tertiary alicyclic amines) is 1. The van der Waals surface area contributed by atoms with Gasteiger partial charge in [0.1, 0.15) is 11.6 Å². The van der Waals surface area contributed by atoms with Crippen molar-refractivity contribution in [3.8, 4) is 0 Å². The fourth-order valence-corrected chi connectivity index (χ4v) is 7.30. The summed E-state index contributed by atoms with van der Waals surface area (Å²) in [5, 5.41) is 9.95. The number of aryl methyl sites for hydroxylation is 2. The number of amides is 3. The SMILES string of the molecule is Cc1cccc(C)c1N1CC=C[C@]23O[C@]4(C)C=CCN(Cc5ccccc5)C(=O)[C@@H]4[C@H]2C(=O)N(CCO)C3C1=O. The average molecular weight is 542 g/mol. The number of hydrogen-bond acceptors (Lipinski definition) is 5. The highest BCUT2D eigenvalue weighted by Gasteiger charge is 2.74. The van der Waals surface area contributed by atoms with Crippen molar-refractivity contribution in [3.05, 3.63) is 89.5 Å². The Morgan fingerprint density at radius 1 is 0.875 bits per heavy atom. The Hall–Kier alpha value is -3.75. The zero-order chi connectivity index (χ0) is 28.2. The van der Waals surface area contributed by atoms with Crippen molar-refractivity contribution < 1.29 is 24.2 Å². The lowest BCUT2D eigenvalue weighted by Gasteiger charge is -2.37. The number of carbonyl (C=O) groups is 3. The average Bonchev–Trinajstić information content (AvgIpc) is 3.19. The normalized spacial score (nSPS) is 31.2. The molecule has 3 amide bonds. The van der Waals surface area contributed by atoms with Crippen LogP contribution in [0.4, 0.5) is 5.69 Å². The number of anilines is 1. The van der Waals surface area contributed by atoms with Gasteiger partial charge in [-0.2, -0.15) is 0 Å². The smallest absolute Gasteiger partial charge is 0.253 e. The van der Waals surface area contributed by atoms with E-state index in [-0.39, 0.29) is 30.9 Å². The zero-order valence-corrected chi connectivity index (χ0v) is 23.1. The summed E-state index contributed by atoms with van der Waals surface area (Å²) in [6.45, 7) is 6.56. The van der Waals surface area contributed by atoms with E-state index in [1.54, 1.807) is 9.80 Å². The van der Waals surface area contributed by atoms with Crippen LogP contribution in [0.5, 0.6) is 0 Å². The Labute approximate surface area is 234 Å². The quantitative estimate of drug-likeness (QED) is 0.588. The first-order valence-corrected chi connectivity index (χ1v) is 13.9. The minimum Gasteiger partial charge on any atom is -0.395 e. The number of ether oxygens (including phenoxy) is 1. The molecule has 40 heavy (non-hydrogen) atoms. The van der Waals surface area contributed by atoms with Gasteiger partial charge in [0, 0.05) is 31.9 Å². The lowest BCUT2D eigenvalue weighted by Crippen LogP contribution is -2.56. The molecule has 2 aromatic carbocycles. The third kappa shape index (κ3) is 3.84. The third-order valence-corrected chi connectivity index (χ3v) is 8.91. The van der Waals surface area contributed by atoms with E-state index in [2.05, 4.69) is 0 Å². The van der Waals surface area contributed by atoms with Gasteiger partial charge in [0.05, 0.1) is 24.0 Å². The monoisotopic (exact) mass is 541 g/mol. The first-order valence-electron chi connectivity index (χ1n) is 13.9. The summed E-state index contributed by atoms with van der Waals surface area (Å²) in [5.41, 5.74) is 1.28. The minimum atomic E-state index is -1.34. The van der Waals surface area contributed by atoms with Crippen LogP contribution in [0, 0.1) is 25.7 Å². The molecule has 4 aliphatic heterocycles. The maximum absolute atomic E-state index is 14.5. The van der Waals surface area contributed by atoms with Gasteiger partial charge in [0.2, 0.25) is 11.8 Å². The lowest BCUT2D eigenvalue weighted by atomic mass is 9.74. The van der Waals surface area contributed by atoms with Crippen LogP contribution in [0.25, 0.3) is 0 Å². The standard InChI is InChI=1S/C32H35N3O5/c1-21-10-7-11-22(2)26(21)34-17-9-15-32-25(29(38)35(18-19-36)27(32)30(34)39)24-28(37)33(16-8-14-31(24,3)40-32)20-23-12-5-4-6-13-23/h4-15,24-25,27,36H,16-20H2,1-3H3/t24-,25-,27?,31+,32-/m0/s1. The Kier molecular flexibility index (Phi) is 6.43. The molecule has 1 unspecified atom stereocenters. The predicted octanol–water partition coefficient (Wildman–Crippen LogP) is 2.77. The molecule has 5 atom stereocenters. The number of aliphatic hydroxyl groups excluding tert-OH is 1. The first-order chi connectivity index (χ1) is 19.2. The summed E-state index contributed by atoms with van der Waals surface area (Å²) in [7, 11) is 0. The topological polar surface area (TPSA) is 90.4 Å². The minimum absolute atomic E-state index is 0.0214. The first kappa shape index (κ1) is 26.5. The van der Waals surface area contributed by atoms with Crippen LogP contribution in [0.3, 0.4) is 0 Å². The molecule has 208 valence electrons. The van der Waals surface area contributed by atoms with Crippen molar-refractivity contribution in [1.82, 2.24) is 9.80 Å². The van der Waals surface area contributed by atoms with Crippen LogP contribution in [0.1, 0.15) is 23.6 Å². The second-order valence-corrected chi connectivity index (χ2v) is 11.5. The molecule has 4 heterocycles. The molecule has 1 N–H and O–H groups in total. The molecule has 0 bridgehead atoms. The van der Waals surface area contributed by atoms with E-state index < -0.39 is 29.1 Å². The van der Waals surface area contributed by atoms with E-state index in [0.29, 0.717) is 19.6 Å². The fraction of sp³-hybridized carbons (Fsp3) is 0.406. The molecule has 8 heteroatoms. The molecule has 2 aromatic rings. The Balaban J connectivity index is 1.44. The Bertz CT molecular complexity index is 1400. The molecular formula is C32H35N3O5. The van der Waals surface area contributed by atoms with Crippen LogP contribution in [-0.4, -0.2) is 76.1 Å².